The Morgan fingerprint density at radius 2 is 1.96 bits per heavy atom. The molecule has 0 bridgehead atoms. The molecule has 0 N–H and O–H groups in total. The molecule has 0 atom stereocenters. The minimum Gasteiger partial charge on any atom is -0.454 e. The second kappa shape index (κ2) is 6.10. The Balaban J connectivity index is 1.44. The average molecular weight is 349 g/mol. The van der Waals surface area contributed by atoms with E-state index in [1.807, 2.05) is 16.9 Å². The minimum atomic E-state index is -3.49. The van der Waals surface area contributed by atoms with Crippen LogP contribution in [0.4, 0.5) is 0 Å². The maximum absolute atomic E-state index is 12.8. The van der Waals surface area contributed by atoms with Gasteiger partial charge < -0.3 is 9.47 Å². The summed E-state index contributed by atoms with van der Waals surface area (Å²) in [5.41, 5.74) is 0. The molecule has 0 saturated carbocycles. The van der Waals surface area contributed by atoms with E-state index in [9.17, 15) is 8.42 Å². The summed E-state index contributed by atoms with van der Waals surface area (Å²) in [5.74, 6) is 1.53. The van der Waals surface area contributed by atoms with Crippen molar-refractivity contribution in [2.24, 2.45) is 5.92 Å². The number of fused-ring (bicyclic) bond motifs is 1. The first-order valence-electron chi connectivity index (χ1n) is 8.00. The normalized spacial score (nSPS) is 18.8. The number of aromatic nitrogens is 2. The van der Waals surface area contributed by atoms with Crippen LogP contribution in [0.1, 0.15) is 12.8 Å². The second-order valence-corrected chi connectivity index (χ2v) is 8.03. The van der Waals surface area contributed by atoms with Crippen LogP contribution in [0.25, 0.3) is 0 Å². The highest BCUT2D eigenvalue weighted by Gasteiger charge is 2.30. The van der Waals surface area contributed by atoms with Gasteiger partial charge in [-0.3, -0.25) is 4.68 Å². The van der Waals surface area contributed by atoms with E-state index in [1.54, 1.807) is 28.7 Å². The lowest BCUT2D eigenvalue weighted by Gasteiger charge is -2.31. The number of rotatable bonds is 4. The number of hydrogen-bond donors (Lipinski definition) is 0. The predicted octanol–water partition coefficient (Wildman–Crippen LogP) is 1.71. The maximum Gasteiger partial charge on any atom is 0.243 e. The van der Waals surface area contributed by atoms with Crippen LogP contribution in [0.5, 0.6) is 11.5 Å². The van der Waals surface area contributed by atoms with Crippen molar-refractivity contribution in [3.8, 4) is 11.5 Å². The molecule has 0 aliphatic carbocycles. The van der Waals surface area contributed by atoms with E-state index >= 15 is 0 Å². The first kappa shape index (κ1) is 15.5. The smallest absolute Gasteiger partial charge is 0.243 e. The van der Waals surface area contributed by atoms with Crippen molar-refractivity contribution < 1.29 is 17.9 Å². The van der Waals surface area contributed by atoms with Crippen molar-refractivity contribution in [2.45, 2.75) is 24.3 Å². The molecule has 8 heteroatoms. The van der Waals surface area contributed by atoms with E-state index in [0.717, 1.165) is 19.4 Å². The minimum absolute atomic E-state index is 0.137. The van der Waals surface area contributed by atoms with Gasteiger partial charge in [0, 0.05) is 38.1 Å². The molecule has 2 aliphatic rings. The molecule has 1 saturated heterocycles. The van der Waals surface area contributed by atoms with Gasteiger partial charge in [0.1, 0.15) is 0 Å². The fraction of sp³-hybridized carbons (Fsp3) is 0.438. The van der Waals surface area contributed by atoms with Crippen molar-refractivity contribution in [3.63, 3.8) is 0 Å². The summed E-state index contributed by atoms with van der Waals surface area (Å²) in [6.07, 6.45) is 5.38. The van der Waals surface area contributed by atoms with E-state index in [1.165, 1.54) is 0 Å². The Hall–Kier alpha value is -2.06. The van der Waals surface area contributed by atoms with Gasteiger partial charge >= 0.3 is 0 Å². The third-order valence-electron chi connectivity index (χ3n) is 4.56. The van der Waals surface area contributed by atoms with E-state index in [4.69, 9.17) is 9.47 Å². The van der Waals surface area contributed by atoms with Crippen LogP contribution in [-0.4, -0.2) is 42.4 Å². The number of sulfonamides is 1. The fourth-order valence-corrected chi connectivity index (χ4v) is 4.68. The molecule has 7 nitrogen and oxygen atoms in total. The molecule has 4 rings (SSSR count). The summed E-state index contributed by atoms with van der Waals surface area (Å²) < 4.78 is 39.6. The zero-order chi connectivity index (χ0) is 16.6. The van der Waals surface area contributed by atoms with Crippen molar-refractivity contribution >= 4 is 10.0 Å². The molecule has 128 valence electrons. The summed E-state index contributed by atoms with van der Waals surface area (Å²) >= 11 is 0. The molecular formula is C16H19N3O4S. The molecule has 0 amide bonds. The van der Waals surface area contributed by atoms with E-state index in [0.29, 0.717) is 30.5 Å². The molecule has 2 aromatic rings. The third kappa shape index (κ3) is 2.87. The van der Waals surface area contributed by atoms with Gasteiger partial charge in [-0.1, -0.05) is 0 Å². The number of piperidine rings is 1. The Kier molecular flexibility index (Phi) is 3.93. The number of benzene rings is 1. The topological polar surface area (TPSA) is 73.7 Å². The Morgan fingerprint density at radius 1 is 1.17 bits per heavy atom. The van der Waals surface area contributed by atoms with E-state index < -0.39 is 10.0 Å². The Morgan fingerprint density at radius 3 is 2.71 bits per heavy atom. The number of hydrogen-bond acceptors (Lipinski definition) is 5. The highest BCUT2D eigenvalue weighted by atomic mass is 32.2. The highest BCUT2D eigenvalue weighted by Crippen LogP contribution is 2.35. The van der Waals surface area contributed by atoms with Crippen LogP contribution >= 0.6 is 0 Å². The molecule has 3 heterocycles. The quantitative estimate of drug-likeness (QED) is 0.840. The largest absolute Gasteiger partial charge is 0.454 e. The zero-order valence-electron chi connectivity index (χ0n) is 13.2. The molecule has 24 heavy (non-hydrogen) atoms. The Labute approximate surface area is 140 Å². The first-order valence-corrected chi connectivity index (χ1v) is 9.44. The molecule has 2 aliphatic heterocycles. The van der Waals surface area contributed by atoms with Gasteiger partial charge in [0.2, 0.25) is 16.8 Å². The van der Waals surface area contributed by atoms with Crippen LogP contribution in [0, 0.1) is 5.92 Å². The van der Waals surface area contributed by atoms with Crippen LogP contribution in [0.2, 0.25) is 0 Å². The molecule has 0 spiro atoms. The molecule has 1 aromatic carbocycles. The van der Waals surface area contributed by atoms with Crippen LogP contribution in [0.15, 0.2) is 41.6 Å². The molecule has 0 radical (unpaired) electrons. The number of nitrogens with zero attached hydrogens (tertiary/aromatic N) is 3. The number of ether oxygens (including phenoxy) is 2. The Bertz CT molecular complexity index is 812. The predicted molar refractivity (Wildman–Crippen MR) is 86.3 cm³/mol. The van der Waals surface area contributed by atoms with Crippen molar-refractivity contribution in [1.82, 2.24) is 14.1 Å². The third-order valence-corrected chi connectivity index (χ3v) is 6.45. The van der Waals surface area contributed by atoms with Gasteiger partial charge in [-0.2, -0.15) is 9.40 Å². The van der Waals surface area contributed by atoms with Gasteiger partial charge in [0.25, 0.3) is 0 Å². The van der Waals surface area contributed by atoms with Crippen LogP contribution in [-0.2, 0) is 16.6 Å². The standard InChI is InChI=1S/C16H19N3O4S/c20-24(21,14-2-3-15-16(10-14)23-12-22-15)19-8-4-13(5-9-19)11-18-7-1-6-17-18/h1-3,6-7,10,13H,4-5,8-9,11-12H2. The van der Waals surface area contributed by atoms with Crippen molar-refractivity contribution in [2.75, 3.05) is 19.9 Å². The lowest BCUT2D eigenvalue weighted by Crippen LogP contribution is -2.39. The van der Waals surface area contributed by atoms with Crippen LogP contribution < -0.4 is 9.47 Å². The monoisotopic (exact) mass is 349 g/mol. The summed E-state index contributed by atoms with van der Waals surface area (Å²) in [4.78, 5) is 0.261. The fourth-order valence-electron chi connectivity index (χ4n) is 3.19. The summed E-state index contributed by atoms with van der Waals surface area (Å²) in [7, 11) is -3.49. The molecule has 1 aromatic heterocycles. The SMILES string of the molecule is O=S(=O)(c1ccc2c(c1)OCO2)N1CCC(Cn2cccn2)CC1. The summed E-state index contributed by atoms with van der Waals surface area (Å²) in [5, 5.41) is 4.22. The van der Waals surface area contributed by atoms with Gasteiger partial charge in [-0.25, -0.2) is 8.42 Å². The summed E-state index contributed by atoms with van der Waals surface area (Å²) in [6, 6.07) is 6.69. The summed E-state index contributed by atoms with van der Waals surface area (Å²) in [6.45, 7) is 2.04. The molecular weight excluding hydrogens is 330 g/mol. The van der Waals surface area contributed by atoms with Crippen LogP contribution in [0.3, 0.4) is 0 Å². The van der Waals surface area contributed by atoms with E-state index in [2.05, 4.69) is 5.10 Å². The first-order chi connectivity index (χ1) is 11.6. The highest BCUT2D eigenvalue weighted by molar-refractivity contribution is 7.89. The van der Waals surface area contributed by atoms with Crippen molar-refractivity contribution in [3.05, 3.63) is 36.7 Å². The lowest BCUT2D eigenvalue weighted by molar-refractivity contribution is 0.174. The van der Waals surface area contributed by atoms with Gasteiger partial charge in [0.05, 0.1) is 4.90 Å². The molecule has 1 fully saturated rings. The van der Waals surface area contributed by atoms with Gasteiger partial charge in [-0.15, -0.1) is 0 Å². The van der Waals surface area contributed by atoms with E-state index in [-0.39, 0.29) is 11.7 Å². The van der Waals surface area contributed by atoms with Crippen molar-refractivity contribution in [1.29, 1.82) is 0 Å². The lowest BCUT2D eigenvalue weighted by atomic mass is 9.98. The maximum atomic E-state index is 12.8. The zero-order valence-corrected chi connectivity index (χ0v) is 14.0. The second-order valence-electron chi connectivity index (χ2n) is 6.09. The molecule has 0 unspecified atom stereocenters. The average Bonchev–Trinajstić information content (AvgIpc) is 3.25. The van der Waals surface area contributed by atoms with Gasteiger partial charge in [-0.05, 0) is 37.0 Å². The van der Waals surface area contributed by atoms with Gasteiger partial charge in [0.15, 0.2) is 11.5 Å².